The van der Waals surface area contributed by atoms with Crippen LogP contribution in [0.25, 0.3) is 0 Å². The van der Waals surface area contributed by atoms with Gasteiger partial charge in [-0.25, -0.2) is 0 Å². The Labute approximate surface area is 222 Å². The molecule has 0 spiro atoms. The summed E-state index contributed by atoms with van der Waals surface area (Å²) < 4.78 is 2.48. The molecule has 6 rings (SSSR count). The molecule has 2 heterocycles. The van der Waals surface area contributed by atoms with Gasteiger partial charge in [0, 0.05) is 5.41 Å². The summed E-state index contributed by atoms with van der Waals surface area (Å²) in [5.74, 6) is 0. The molecule has 2 unspecified atom stereocenters. The zero-order valence-corrected chi connectivity index (χ0v) is 24.5. The maximum Gasteiger partial charge on any atom is 0.0542 e. The topological polar surface area (TPSA) is 0 Å². The molecule has 4 aliphatic carbocycles. The summed E-state index contributed by atoms with van der Waals surface area (Å²) in [7, 11) is 0. The first-order valence-corrected chi connectivity index (χ1v) is 14.7. The number of rotatable bonds is 2. The average molecular weight is 598 g/mol. The van der Waals surface area contributed by atoms with Crippen LogP contribution >= 0.6 is 55.4 Å². The molecule has 0 N–H and O–H groups in total. The average Bonchev–Trinajstić information content (AvgIpc) is 3.45. The summed E-state index contributed by atoms with van der Waals surface area (Å²) in [6.07, 6.45) is 14.5. The summed E-state index contributed by atoms with van der Waals surface area (Å²) in [5.41, 5.74) is 17.2. The third-order valence-corrected chi connectivity index (χ3v) is 11.4. The fourth-order valence-corrected chi connectivity index (χ4v) is 10.3. The van der Waals surface area contributed by atoms with Crippen LogP contribution in [0.1, 0.15) is 41.5 Å². The molecule has 0 fully saturated rings. The van der Waals surface area contributed by atoms with Crippen LogP contribution in [0, 0.1) is 5.41 Å². The smallest absolute Gasteiger partial charge is 0.0542 e. The van der Waals surface area contributed by atoms with Crippen molar-refractivity contribution in [2.45, 2.75) is 52.0 Å². The van der Waals surface area contributed by atoms with Crippen molar-refractivity contribution in [2.75, 3.05) is 0 Å². The monoisotopic (exact) mass is 596 g/mol. The summed E-state index contributed by atoms with van der Waals surface area (Å²) in [5, 5.41) is 0.825. The summed E-state index contributed by atoms with van der Waals surface area (Å²) in [4.78, 5) is 0. The maximum absolute atomic E-state index is 3.73. The standard InChI is InChI=1S/C29H26Br2S2/c1-13-7-17-15(3)19-11-25(30)32-23(19)9-21(17)27(13)29(5,6)28-14(2)8-18-16(4)20-12-26(31)33-24(20)10-22(18)28/h7-12,23-24H,1-6H3. The van der Waals surface area contributed by atoms with Gasteiger partial charge in [0.2, 0.25) is 0 Å². The maximum atomic E-state index is 3.73. The lowest BCUT2D eigenvalue weighted by atomic mass is 9.68. The number of hydrogen-bond donors (Lipinski definition) is 0. The molecule has 0 radical (unpaired) electrons. The van der Waals surface area contributed by atoms with Gasteiger partial charge < -0.3 is 0 Å². The van der Waals surface area contributed by atoms with E-state index < -0.39 is 0 Å². The Hall–Kier alpha value is -0.940. The van der Waals surface area contributed by atoms with Crippen molar-refractivity contribution in [3.05, 3.63) is 111 Å². The Balaban J connectivity index is 1.43. The first-order chi connectivity index (χ1) is 15.6. The predicted molar refractivity (Wildman–Crippen MR) is 154 cm³/mol. The van der Waals surface area contributed by atoms with Crippen LogP contribution in [0.3, 0.4) is 0 Å². The zero-order valence-electron chi connectivity index (χ0n) is 19.7. The van der Waals surface area contributed by atoms with Crippen molar-refractivity contribution in [1.29, 1.82) is 0 Å². The highest BCUT2D eigenvalue weighted by Gasteiger charge is 2.43. The van der Waals surface area contributed by atoms with Gasteiger partial charge in [-0.1, -0.05) is 38.2 Å². The molecule has 2 atom stereocenters. The Morgan fingerprint density at radius 2 is 1.03 bits per heavy atom. The van der Waals surface area contributed by atoms with Gasteiger partial charge >= 0.3 is 0 Å². The van der Waals surface area contributed by atoms with Crippen molar-refractivity contribution in [3.8, 4) is 0 Å². The largest absolute Gasteiger partial charge is 0.106 e. The van der Waals surface area contributed by atoms with Gasteiger partial charge in [0.1, 0.15) is 0 Å². The first-order valence-electron chi connectivity index (χ1n) is 11.4. The van der Waals surface area contributed by atoms with Crippen LogP contribution in [-0.4, -0.2) is 10.5 Å². The van der Waals surface area contributed by atoms with E-state index in [9.17, 15) is 0 Å². The molecule has 2 aliphatic heterocycles. The van der Waals surface area contributed by atoms with Gasteiger partial charge in [0.15, 0.2) is 0 Å². The number of thioether (sulfide) groups is 2. The van der Waals surface area contributed by atoms with E-state index in [1.165, 1.54) is 74.5 Å². The van der Waals surface area contributed by atoms with Crippen LogP contribution < -0.4 is 0 Å². The van der Waals surface area contributed by atoms with Gasteiger partial charge in [-0.2, -0.15) is 0 Å². The molecule has 168 valence electrons. The van der Waals surface area contributed by atoms with Gasteiger partial charge in [-0.3, -0.25) is 0 Å². The minimum Gasteiger partial charge on any atom is -0.106 e. The van der Waals surface area contributed by atoms with E-state index in [-0.39, 0.29) is 5.41 Å². The molecular formula is C29H26Br2S2. The van der Waals surface area contributed by atoms with Crippen molar-refractivity contribution in [3.63, 3.8) is 0 Å². The second kappa shape index (κ2) is 7.53. The van der Waals surface area contributed by atoms with E-state index in [1.807, 2.05) is 23.5 Å². The fourth-order valence-electron chi connectivity index (χ4n) is 6.53. The lowest BCUT2D eigenvalue weighted by Crippen LogP contribution is -2.24. The highest BCUT2D eigenvalue weighted by molar-refractivity contribution is 9.14. The van der Waals surface area contributed by atoms with Crippen LogP contribution in [0.2, 0.25) is 0 Å². The number of allylic oxidation sites excluding steroid dienone is 14. The van der Waals surface area contributed by atoms with Gasteiger partial charge in [0.25, 0.3) is 0 Å². The van der Waals surface area contributed by atoms with Crippen molar-refractivity contribution < 1.29 is 0 Å². The highest BCUT2D eigenvalue weighted by Crippen LogP contribution is 2.59. The fraction of sp³-hybridized carbons (Fsp3) is 0.310. The molecule has 33 heavy (non-hydrogen) atoms. The number of halogens is 2. The van der Waals surface area contributed by atoms with E-state index in [4.69, 9.17) is 0 Å². The minimum atomic E-state index is -0.0836. The van der Waals surface area contributed by atoms with E-state index in [1.54, 1.807) is 0 Å². The lowest BCUT2D eigenvalue weighted by Gasteiger charge is -2.36. The summed E-state index contributed by atoms with van der Waals surface area (Å²) in [6, 6.07) is 0. The van der Waals surface area contributed by atoms with Gasteiger partial charge in [0.05, 0.1) is 18.1 Å². The molecule has 0 saturated heterocycles. The molecule has 0 saturated carbocycles. The van der Waals surface area contributed by atoms with E-state index >= 15 is 0 Å². The van der Waals surface area contributed by atoms with Crippen LogP contribution in [0.4, 0.5) is 0 Å². The Bertz CT molecular complexity index is 1270. The molecule has 0 nitrogen and oxygen atoms in total. The van der Waals surface area contributed by atoms with Crippen molar-refractivity contribution in [2.24, 2.45) is 5.41 Å². The normalized spacial score (nSPS) is 28.4. The molecule has 0 aromatic heterocycles. The first kappa shape index (κ1) is 22.5. The zero-order chi connectivity index (χ0) is 23.4. The third kappa shape index (κ3) is 3.16. The highest BCUT2D eigenvalue weighted by atomic mass is 79.9. The van der Waals surface area contributed by atoms with Gasteiger partial charge in [-0.05, 0) is 139 Å². The molecule has 4 heteroatoms. The molecule has 0 bridgehead atoms. The molecule has 0 aromatic carbocycles. The number of hydrogen-bond acceptors (Lipinski definition) is 2. The van der Waals surface area contributed by atoms with E-state index in [0.717, 1.165) is 0 Å². The van der Waals surface area contributed by atoms with Gasteiger partial charge in [-0.15, -0.1) is 23.5 Å². The third-order valence-electron chi connectivity index (χ3n) is 7.82. The second-order valence-corrected chi connectivity index (χ2v) is 15.3. The SMILES string of the molecule is CC1=C(C(C)(C)C2=C(C)C=C3C2=CC2SC(Br)=CC2=C3C)C2=CC3SC(Br)=CC3=C(C)C2=C1. The Morgan fingerprint density at radius 3 is 1.42 bits per heavy atom. The number of fused-ring (bicyclic) bond motifs is 4. The van der Waals surface area contributed by atoms with Crippen LogP contribution in [-0.2, 0) is 0 Å². The van der Waals surface area contributed by atoms with Crippen molar-refractivity contribution >= 4 is 55.4 Å². The quantitative estimate of drug-likeness (QED) is 0.311. The van der Waals surface area contributed by atoms with E-state index in [2.05, 4.69) is 110 Å². The van der Waals surface area contributed by atoms with Crippen molar-refractivity contribution in [1.82, 2.24) is 0 Å². The summed E-state index contributed by atoms with van der Waals surface area (Å²) in [6.45, 7) is 14.1. The Kier molecular flexibility index (Phi) is 5.14. The minimum absolute atomic E-state index is 0.0836. The Morgan fingerprint density at radius 1 is 0.636 bits per heavy atom. The summed E-state index contributed by atoms with van der Waals surface area (Å²) >= 11 is 11.3. The van der Waals surface area contributed by atoms with E-state index in [0.29, 0.717) is 10.5 Å². The molecule has 6 aliphatic rings. The van der Waals surface area contributed by atoms with Crippen LogP contribution in [0.5, 0.6) is 0 Å². The van der Waals surface area contributed by atoms with Crippen LogP contribution in [0.15, 0.2) is 111 Å². The molecular weight excluding hydrogens is 572 g/mol. The molecule has 0 amide bonds. The lowest BCUT2D eigenvalue weighted by molar-refractivity contribution is 0.550. The second-order valence-electron chi connectivity index (χ2n) is 10.2. The molecule has 0 aromatic rings. The predicted octanol–water partition coefficient (Wildman–Crippen LogP) is 9.74.